The molecule has 0 aromatic heterocycles. The summed E-state index contributed by atoms with van der Waals surface area (Å²) in [4.78, 5) is 0. The number of nitrogens with one attached hydrogen (secondary N) is 2. The van der Waals surface area contributed by atoms with Crippen LogP contribution in [-0.2, 0) is 21.5 Å². The second-order valence-electron chi connectivity index (χ2n) is 6.03. The molecule has 0 bridgehead atoms. The molecule has 1 atom stereocenters. The van der Waals surface area contributed by atoms with E-state index in [4.69, 9.17) is 4.74 Å². The van der Waals surface area contributed by atoms with E-state index in [-0.39, 0.29) is 11.6 Å². The minimum atomic E-state index is -3.49. The van der Waals surface area contributed by atoms with E-state index in [1.807, 2.05) is 30.3 Å². The molecular formula is C15H22N2O3S. The molecule has 1 spiro atoms. The number of rotatable bonds is 5. The fraction of sp³-hybridized carbons (Fsp3) is 0.600. The van der Waals surface area contributed by atoms with Crippen molar-refractivity contribution < 1.29 is 13.2 Å². The van der Waals surface area contributed by atoms with Gasteiger partial charge < -0.3 is 4.74 Å². The first-order valence-electron chi connectivity index (χ1n) is 7.52. The Morgan fingerprint density at radius 2 is 1.90 bits per heavy atom. The fourth-order valence-electron chi connectivity index (χ4n) is 3.32. The molecule has 1 aromatic rings. The summed E-state index contributed by atoms with van der Waals surface area (Å²) >= 11 is 0. The number of ether oxygens (including phenoxy) is 1. The summed E-state index contributed by atoms with van der Waals surface area (Å²) in [5.74, 6) is 0. The van der Waals surface area contributed by atoms with E-state index in [9.17, 15) is 8.42 Å². The van der Waals surface area contributed by atoms with Gasteiger partial charge in [-0.1, -0.05) is 43.2 Å². The Morgan fingerprint density at radius 1 is 1.19 bits per heavy atom. The average Bonchev–Trinajstić information content (AvgIpc) is 3.08. The Bertz CT molecular complexity index is 568. The standard InChI is InChI=1S/C15H22N2O3S/c18-21(19,16-11-13-6-2-1-3-7-13)17-14-10-15(20-12-14)8-4-5-9-15/h1-3,6-7,14,16-17H,4-5,8-12H2/t14-/m0/s1. The Labute approximate surface area is 126 Å². The van der Waals surface area contributed by atoms with Gasteiger partial charge in [-0.05, 0) is 24.8 Å². The topological polar surface area (TPSA) is 67.4 Å². The zero-order valence-electron chi connectivity index (χ0n) is 12.0. The van der Waals surface area contributed by atoms with Gasteiger partial charge in [0, 0.05) is 12.6 Å². The van der Waals surface area contributed by atoms with Crippen molar-refractivity contribution >= 4 is 10.2 Å². The number of benzene rings is 1. The van der Waals surface area contributed by atoms with Crippen LogP contribution in [0.15, 0.2) is 30.3 Å². The highest BCUT2D eigenvalue weighted by atomic mass is 32.2. The molecule has 0 radical (unpaired) electrons. The zero-order valence-corrected chi connectivity index (χ0v) is 12.9. The van der Waals surface area contributed by atoms with E-state index in [2.05, 4.69) is 9.44 Å². The molecule has 5 nitrogen and oxygen atoms in total. The van der Waals surface area contributed by atoms with Gasteiger partial charge in [0.15, 0.2) is 0 Å². The summed E-state index contributed by atoms with van der Waals surface area (Å²) in [6.07, 6.45) is 5.28. The molecule has 0 amide bonds. The molecule has 1 saturated heterocycles. The smallest absolute Gasteiger partial charge is 0.277 e. The SMILES string of the molecule is O=S(=O)(NCc1ccccc1)N[C@@H]1COC2(CCCC2)C1. The molecule has 6 heteroatoms. The fourth-order valence-corrected chi connectivity index (χ4v) is 4.35. The van der Waals surface area contributed by atoms with Crippen LogP contribution in [0.2, 0.25) is 0 Å². The van der Waals surface area contributed by atoms with E-state index in [0.29, 0.717) is 13.2 Å². The minimum Gasteiger partial charge on any atom is -0.373 e. The van der Waals surface area contributed by atoms with Crippen LogP contribution >= 0.6 is 0 Å². The van der Waals surface area contributed by atoms with Gasteiger partial charge in [-0.15, -0.1) is 0 Å². The van der Waals surface area contributed by atoms with Gasteiger partial charge in [-0.3, -0.25) is 0 Å². The lowest BCUT2D eigenvalue weighted by atomic mass is 9.97. The second-order valence-corrected chi connectivity index (χ2v) is 7.56. The van der Waals surface area contributed by atoms with Crippen molar-refractivity contribution in [2.24, 2.45) is 0 Å². The predicted octanol–water partition coefficient (Wildman–Crippen LogP) is 1.71. The summed E-state index contributed by atoms with van der Waals surface area (Å²) in [6.45, 7) is 0.779. The van der Waals surface area contributed by atoms with E-state index in [1.165, 1.54) is 12.8 Å². The first-order chi connectivity index (χ1) is 10.1. The van der Waals surface area contributed by atoms with Crippen LogP contribution in [0.3, 0.4) is 0 Å². The van der Waals surface area contributed by atoms with Crippen molar-refractivity contribution in [1.82, 2.24) is 9.44 Å². The van der Waals surface area contributed by atoms with Gasteiger partial charge in [-0.2, -0.15) is 17.9 Å². The average molecular weight is 310 g/mol. The third-order valence-corrected chi connectivity index (χ3v) is 5.52. The third-order valence-electron chi connectivity index (χ3n) is 4.35. The van der Waals surface area contributed by atoms with Gasteiger partial charge in [0.1, 0.15) is 0 Å². The molecule has 116 valence electrons. The van der Waals surface area contributed by atoms with Crippen molar-refractivity contribution in [2.75, 3.05) is 6.61 Å². The lowest BCUT2D eigenvalue weighted by Crippen LogP contribution is -2.43. The highest BCUT2D eigenvalue weighted by Crippen LogP contribution is 2.40. The molecule has 21 heavy (non-hydrogen) atoms. The Balaban J connectivity index is 1.52. The molecule has 0 unspecified atom stereocenters. The van der Waals surface area contributed by atoms with Gasteiger partial charge >= 0.3 is 0 Å². The monoisotopic (exact) mass is 310 g/mol. The third kappa shape index (κ3) is 3.83. The van der Waals surface area contributed by atoms with Crippen LogP contribution in [0.5, 0.6) is 0 Å². The molecule has 1 aliphatic carbocycles. The predicted molar refractivity (Wildman–Crippen MR) is 80.9 cm³/mol. The van der Waals surface area contributed by atoms with Crippen LogP contribution in [0.4, 0.5) is 0 Å². The molecule has 1 saturated carbocycles. The largest absolute Gasteiger partial charge is 0.373 e. The maximum absolute atomic E-state index is 12.1. The molecule has 1 heterocycles. The summed E-state index contributed by atoms with van der Waals surface area (Å²) in [7, 11) is -3.49. The Hall–Kier alpha value is -0.950. The quantitative estimate of drug-likeness (QED) is 0.870. The van der Waals surface area contributed by atoms with Crippen molar-refractivity contribution in [3.63, 3.8) is 0 Å². The van der Waals surface area contributed by atoms with Crippen molar-refractivity contribution in [1.29, 1.82) is 0 Å². The number of hydrogen-bond acceptors (Lipinski definition) is 3. The van der Waals surface area contributed by atoms with Crippen LogP contribution < -0.4 is 9.44 Å². The Kier molecular flexibility index (Phi) is 4.31. The van der Waals surface area contributed by atoms with Crippen LogP contribution in [0.25, 0.3) is 0 Å². The maximum Gasteiger partial charge on any atom is 0.277 e. The zero-order chi connectivity index (χ0) is 14.8. The van der Waals surface area contributed by atoms with Crippen LogP contribution in [-0.4, -0.2) is 26.7 Å². The summed E-state index contributed by atoms with van der Waals surface area (Å²) in [6, 6.07) is 9.38. The van der Waals surface area contributed by atoms with E-state index < -0.39 is 10.2 Å². The van der Waals surface area contributed by atoms with Gasteiger partial charge in [0.25, 0.3) is 10.2 Å². The van der Waals surface area contributed by atoms with Crippen molar-refractivity contribution in [3.8, 4) is 0 Å². The highest BCUT2D eigenvalue weighted by Gasteiger charge is 2.43. The molecular weight excluding hydrogens is 288 g/mol. The lowest BCUT2D eigenvalue weighted by Gasteiger charge is -2.21. The highest BCUT2D eigenvalue weighted by molar-refractivity contribution is 7.87. The molecule has 1 aromatic carbocycles. The second kappa shape index (κ2) is 6.04. The lowest BCUT2D eigenvalue weighted by molar-refractivity contribution is 0.0101. The van der Waals surface area contributed by atoms with Crippen LogP contribution in [0.1, 0.15) is 37.7 Å². The van der Waals surface area contributed by atoms with E-state index in [1.54, 1.807) is 0 Å². The van der Waals surface area contributed by atoms with Gasteiger partial charge in [-0.25, -0.2) is 0 Å². The molecule has 2 fully saturated rings. The minimum absolute atomic E-state index is 0.0629. The van der Waals surface area contributed by atoms with Gasteiger partial charge in [0.05, 0.1) is 12.2 Å². The molecule has 1 aliphatic heterocycles. The maximum atomic E-state index is 12.1. The first kappa shape index (κ1) is 15.0. The van der Waals surface area contributed by atoms with E-state index >= 15 is 0 Å². The van der Waals surface area contributed by atoms with Crippen molar-refractivity contribution in [3.05, 3.63) is 35.9 Å². The Morgan fingerprint density at radius 3 is 2.62 bits per heavy atom. The van der Waals surface area contributed by atoms with Crippen LogP contribution in [0, 0.1) is 0 Å². The first-order valence-corrected chi connectivity index (χ1v) is 9.00. The molecule has 3 rings (SSSR count). The van der Waals surface area contributed by atoms with E-state index in [0.717, 1.165) is 24.8 Å². The summed E-state index contributed by atoms with van der Waals surface area (Å²) < 4.78 is 35.3. The molecule has 2 N–H and O–H groups in total. The van der Waals surface area contributed by atoms with Crippen molar-refractivity contribution in [2.45, 2.75) is 50.3 Å². The normalized spacial score (nSPS) is 24.7. The summed E-state index contributed by atoms with van der Waals surface area (Å²) in [5, 5.41) is 0. The molecule has 2 aliphatic rings. The van der Waals surface area contributed by atoms with Gasteiger partial charge in [0.2, 0.25) is 0 Å². The number of hydrogen-bond donors (Lipinski definition) is 2. The summed E-state index contributed by atoms with van der Waals surface area (Å²) in [5.41, 5.74) is 0.880.